The van der Waals surface area contributed by atoms with E-state index in [9.17, 15) is 14.3 Å². The zero-order chi connectivity index (χ0) is 15.9. The number of halogens is 1. The van der Waals surface area contributed by atoms with E-state index in [1.54, 1.807) is 6.07 Å². The van der Waals surface area contributed by atoms with Gasteiger partial charge in [0, 0.05) is 26.2 Å². The molecule has 1 unspecified atom stereocenters. The molecule has 1 aliphatic heterocycles. The second-order valence-corrected chi connectivity index (χ2v) is 5.57. The fraction of sp³-hybridized carbons (Fsp3) is 0.562. The average Bonchev–Trinajstić information content (AvgIpc) is 2.54. The van der Waals surface area contributed by atoms with Crippen LogP contribution in [0.5, 0.6) is 5.75 Å². The SMILES string of the molecule is COc1c(F)cccc1C(=O)NCCN1CCCC(CO)C1. The number of piperidine rings is 1. The maximum Gasteiger partial charge on any atom is 0.255 e. The van der Waals surface area contributed by atoms with Crippen LogP contribution in [0.15, 0.2) is 18.2 Å². The number of aliphatic hydroxyl groups excluding tert-OH is 1. The van der Waals surface area contributed by atoms with Crippen molar-refractivity contribution in [2.24, 2.45) is 5.92 Å². The van der Waals surface area contributed by atoms with Crippen LogP contribution in [0.4, 0.5) is 4.39 Å². The van der Waals surface area contributed by atoms with Crippen LogP contribution in [0, 0.1) is 11.7 Å². The van der Waals surface area contributed by atoms with Gasteiger partial charge in [-0.05, 0) is 37.4 Å². The molecule has 0 aromatic heterocycles. The second kappa shape index (κ2) is 8.10. The summed E-state index contributed by atoms with van der Waals surface area (Å²) in [5.74, 6) is -0.588. The first kappa shape index (κ1) is 16.7. The largest absolute Gasteiger partial charge is 0.493 e. The van der Waals surface area contributed by atoms with Gasteiger partial charge < -0.3 is 20.1 Å². The smallest absolute Gasteiger partial charge is 0.255 e. The maximum atomic E-state index is 13.6. The van der Waals surface area contributed by atoms with Crippen molar-refractivity contribution < 1.29 is 19.0 Å². The van der Waals surface area contributed by atoms with Gasteiger partial charge in [-0.3, -0.25) is 4.79 Å². The van der Waals surface area contributed by atoms with E-state index in [0.29, 0.717) is 12.5 Å². The van der Waals surface area contributed by atoms with E-state index in [1.165, 1.54) is 19.2 Å². The van der Waals surface area contributed by atoms with Crippen molar-refractivity contribution in [2.45, 2.75) is 12.8 Å². The van der Waals surface area contributed by atoms with Gasteiger partial charge in [0.05, 0.1) is 12.7 Å². The molecule has 2 N–H and O–H groups in total. The Hall–Kier alpha value is -1.66. The highest BCUT2D eigenvalue weighted by atomic mass is 19.1. The number of methoxy groups -OCH3 is 1. The van der Waals surface area contributed by atoms with Crippen molar-refractivity contribution in [3.8, 4) is 5.75 Å². The topological polar surface area (TPSA) is 61.8 Å². The Morgan fingerprint density at radius 1 is 1.55 bits per heavy atom. The molecule has 6 heteroatoms. The Kier molecular flexibility index (Phi) is 6.15. The lowest BCUT2D eigenvalue weighted by Crippen LogP contribution is -2.41. The fourth-order valence-corrected chi connectivity index (χ4v) is 2.82. The summed E-state index contributed by atoms with van der Waals surface area (Å²) in [6, 6.07) is 4.29. The minimum atomic E-state index is -0.544. The minimum absolute atomic E-state index is 0.0293. The molecule has 0 aliphatic carbocycles. The summed E-state index contributed by atoms with van der Waals surface area (Å²) < 4.78 is 18.5. The Morgan fingerprint density at radius 2 is 2.36 bits per heavy atom. The zero-order valence-electron chi connectivity index (χ0n) is 12.8. The highest BCUT2D eigenvalue weighted by molar-refractivity contribution is 5.96. The van der Waals surface area contributed by atoms with Crippen LogP contribution in [-0.4, -0.2) is 55.8 Å². The molecule has 1 saturated heterocycles. The highest BCUT2D eigenvalue weighted by Crippen LogP contribution is 2.22. The number of ether oxygens (including phenoxy) is 1. The number of aliphatic hydroxyl groups is 1. The molecular formula is C16H23FN2O3. The van der Waals surface area contributed by atoms with Gasteiger partial charge in [-0.25, -0.2) is 4.39 Å². The number of para-hydroxylation sites is 1. The number of hydrogen-bond donors (Lipinski definition) is 2. The third-order valence-corrected chi connectivity index (χ3v) is 3.99. The van der Waals surface area contributed by atoms with Crippen LogP contribution in [0.2, 0.25) is 0 Å². The first-order chi connectivity index (χ1) is 10.7. The maximum absolute atomic E-state index is 13.6. The van der Waals surface area contributed by atoms with E-state index < -0.39 is 5.82 Å². The molecule has 5 nitrogen and oxygen atoms in total. The quantitative estimate of drug-likeness (QED) is 0.831. The molecule has 1 fully saturated rings. The molecule has 0 radical (unpaired) electrons. The molecule has 1 amide bonds. The molecule has 0 bridgehead atoms. The summed E-state index contributed by atoms with van der Waals surface area (Å²) in [6.07, 6.45) is 2.12. The summed E-state index contributed by atoms with van der Waals surface area (Å²) in [6.45, 7) is 3.26. The predicted molar refractivity (Wildman–Crippen MR) is 81.5 cm³/mol. The van der Waals surface area contributed by atoms with E-state index in [0.717, 1.165) is 32.5 Å². The van der Waals surface area contributed by atoms with Gasteiger partial charge in [0.1, 0.15) is 0 Å². The lowest BCUT2D eigenvalue weighted by molar-refractivity contribution is 0.0927. The van der Waals surface area contributed by atoms with Gasteiger partial charge >= 0.3 is 0 Å². The first-order valence-electron chi connectivity index (χ1n) is 7.59. The Morgan fingerprint density at radius 3 is 3.09 bits per heavy atom. The standard InChI is InChI=1S/C16H23FN2O3/c1-22-15-13(5-2-6-14(15)17)16(21)18-7-9-19-8-3-4-12(10-19)11-20/h2,5-6,12,20H,3-4,7-11H2,1H3,(H,18,21). The molecule has 2 rings (SSSR count). The van der Waals surface area contributed by atoms with Crippen LogP contribution in [-0.2, 0) is 0 Å². The number of likely N-dealkylation sites (tertiary alicyclic amines) is 1. The number of carbonyl (C=O) groups excluding carboxylic acids is 1. The van der Waals surface area contributed by atoms with E-state index in [-0.39, 0.29) is 23.8 Å². The van der Waals surface area contributed by atoms with Gasteiger partial charge in [0.25, 0.3) is 5.91 Å². The summed E-state index contributed by atoms with van der Waals surface area (Å²) in [5, 5.41) is 12.0. The second-order valence-electron chi connectivity index (χ2n) is 5.57. The molecule has 1 aliphatic rings. The Balaban J connectivity index is 1.84. The van der Waals surface area contributed by atoms with Crippen molar-refractivity contribution in [1.82, 2.24) is 10.2 Å². The van der Waals surface area contributed by atoms with Crippen LogP contribution in [0.25, 0.3) is 0 Å². The van der Waals surface area contributed by atoms with Gasteiger partial charge in [0.15, 0.2) is 11.6 Å². The fourth-order valence-electron chi connectivity index (χ4n) is 2.82. The number of nitrogens with one attached hydrogen (secondary N) is 1. The monoisotopic (exact) mass is 310 g/mol. The molecule has 0 spiro atoms. The first-order valence-corrected chi connectivity index (χ1v) is 7.59. The molecule has 1 aromatic rings. The number of nitrogens with zero attached hydrogens (tertiary/aromatic N) is 1. The van der Waals surface area contributed by atoms with E-state index in [4.69, 9.17) is 4.74 Å². The zero-order valence-corrected chi connectivity index (χ0v) is 12.8. The number of carbonyl (C=O) groups is 1. The van der Waals surface area contributed by atoms with Crippen molar-refractivity contribution in [2.75, 3.05) is 39.9 Å². The van der Waals surface area contributed by atoms with Crippen LogP contribution >= 0.6 is 0 Å². The Bertz CT molecular complexity index is 510. The summed E-state index contributed by atoms with van der Waals surface area (Å²) in [4.78, 5) is 14.4. The van der Waals surface area contributed by atoms with E-state index in [1.807, 2.05) is 0 Å². The number of rotatable bonds is 6. The van der Waals surface area contributed by atoms with Crippen LogP contribution in [0.3, 0.4) is 0 Å². The van der Waals surface area contributed by atoms with Crippen molar-refractivity contribution in [3.05, 3.63) is 29.6 Å². The molecule has 1 heterocycles. The van der Waals surface area contributed by atoms with E-state index >= 15 is 0 Å². The lowest BCUT2D eigenvalue weighted by atomic mass is 9.99. The normalized spacial score (nSPS) is 19.0. The van der Waals surface area contributed by atoms with Gasteiger partial charge in [-0.1, -0.05) is 6.07 Å². The average molecular weight is 310 g/mol. The van der Waals surface area contributed by atoms with Gasteiger partial charge in [0.2, 0.25) is 0 Å². The molecular weight excluding hydrogens is 287 g/mol. The third kappa shape index (κ3) is 4.18. The summed E-state index contributed by atoms with van der Waals surface area (Å²) >= 11 is 0. The van der Waals surface area contributed by atoms with Crippen LogP contribution < -0.4 is 10.1 Å². The van der Waals surface area contributed by atoms with Crippen molar-refractivity contribution in [3.63, 3.8) is 0 Å². The predicted octanol–water partition coefficient (Wildman–Crippen LogP) is 1.27. The summed E-state index contributed by atoms with van der Waals surface area (Å²) in [5.41, 5.74) is 0.203. The molecule has 22 heavy (non-hydrogen) atoms. The van der Waals surface area contributed by atoms with Crippen molar-refractivity contribution >= 4 is 5.91 Å². The summed E-state index contributed by atoms with van der Waals surface area (Å²) in [7, 11) is 1.35. The minimum Gasteiger partial charge on any atom is -0.493 e. The van der Waals surface area contributed by atoms with Crippen molar-refractivity contribution in [1.29, 1.82) is 0 Å². The molecule has 1 atom stereocenters. The molecule has 0 saturated carbocycles. The number of hydrogen-bond acceptors (Lipinski definition) is 4. The van der Waals surface area contributed by atoms with E-state index in [2.05, 4.69) is 10.2 Å². The molecule has 1 aromatic carbocycles. The molecule has 122 valence electrons. The number of amides is 1. The lowest BCUT2D eigenvalue weighted by Gasteiger charge is -2.31. The third-order valence-electron chi connectivity index (χ3n) is 3.99. The van der Waals surface area contributed by atoms with Gasteiger partial charge in [-0.15, -0.1) is 0 Å². The number of benzene rings is 1. The van der Waals surface area contributed by atoms with Gasteiger partial charge in [-0.2, -0.15) is 0 Å². The Labute approximate surface area is 130 Å². The van der Waals surface area contributed by atoms with Crippen LogP contribution in [0.1, 0.15) is 23.2 Å². The highest BCUT2D eigenvalue weighted by Gasteiger charge is 2.19.